The van der Waals surface area contributed by atoms with Crippen LogP contribution in [0.5, 0.6) is 0 Å². The van der Waals surface area contributed by atoms with E-state index in [1.165, 1.54) is 12.8 Å². The summed E-state index contributed by atoms with van der Waals surface area (Å²) >= 11 is 0. The van der Waals surface area contributed by atoms with Gasteiger partial charge in [-0.15, -0.1) is 0 Å². The highest BCUT2D eigenvalue weighted by molar-refractivity contribution is 5.68. The van der Waals surface area contributed by atoms with E-state index in [1.54, 1.807) is 4.90 Å². The van der Waals surface area contributed by atoms with Crippen molar-refractivity contribution in [2.45, 2.75) is 90.1 Å². The normalized spacial score (nSPS) is 24.2. The first-order chi connectivity index (χ1) is 19.1. The van der Waals surface area contributed by atoms with Gasteiger partial charge in [-0.2, -0.15) is 26.3 Å². The average Bonchev–Trinajstić information content (AvgIpc) is 2.89. The van der Waals surface area contributed by atoms with E-state index in [0.29, 0.717) is 51.1 Å². The van der Waals surface area contributed by atoms with Crippen LogP contribution in [0.2, 0.25) is 0 Å². The molecule has 6 nitrogen and oxygen atoms in total. The van der Waals surface area contributed by atoms with Gasteiger partial charge in [-0.3, -0.25) is 0 Å². The zero-order chi connectivity index (χ0) is 30.3. The van der Waals surface area contributed by atoms with E-state index in [2.05, 4.69) is 15.1 Å². The van der Waals surface area contributed by atoms with Crippen molar-refractivity contribution in [2.75, 3.05) is 65.4 Å². The fraction of sp³-hybridized carbons (Fsp3) is 0.966. The first-order valence-corrected chi connectivity index (χ1v) is 15.4. The lowest BCUT2D eigenvalue weighted by Crippen LogP contribution is -2.45. The first kappa shape index (κ1) is 34.2. The second-order valence-electron chi connectivity index (χ2n) is 13.3. The predicted molar refractivity (Wildman–Crippen MR) is 147 cm³/mol. The monoisotopic (exact) mass is 600 g/mol. The Morgan fingerprint density at radius 2 is 1.05 bits per heavy atom. The largest absolute Gasteiger partial charge is 0.444 e. The number of rotatable bonds is 4. The van der Waals surface area contributed by atoms with Gasteiger partial charge in [0.1, 0.15) is 5.60 Å². The van der Waals surface area contributed by atoms with Crippen LogP contribution in [-0.2, 0) is 4.74 Å². The van der Waals surface area contributed by atoms with Crippen LogP contribution in [-0.4, -0.2) is 104 Å². The van der Waals surface area contributed by atoms with E-state index in [4.69, 9.17) is 4.74 Å². The molecule has 1 N–H and O–H groups in total. The number of alkyl halides is 6. The summed E-state index contributed by atoms with van der Waals surface area (Å²) < 4.78 is 81.0. The van der Waals surface area contributed by atoms with Gasteiger partial charge in [-0.25, -0.2) is 4.79 Å². The SMILES string of the molecule is CC(C)(C)OC(=O)N1CCC(CN2CCC(C(F)(F)F)CC2)CC1.FC(F)(F)C1CCN(CC2CCNCC2)CC1. The summed E-state index contributed by atoms with van der Waals surface area (Å²) in [5.74, 6) is -1.07. The number of hydrogen-bond donors (Lipinski definition) is 1. The van der Waals surface area contributed by atoms with Crippen LogP contribution < -0.4 is 5.32 Å². The molecule has 4 aliphatic heterocycles. The van der Waals surface area contributed by atoms with Crippen LogP contribution in [0.3, 0.4) is 0 Å². The third kappa shape index (κ3) is 12.1. The minimum absolute atomic E-state index is 0.209. The van der Waals surface area contributed by atoms with Gasteiger partial charge in [0.05, 0.1) is 11.8 Å². The Labute approximate surface area is 241 Å². The fourth-order valence-electron chi connectivity index (χ4n) is 6.30. The zero-order valence-corrected chi connectivity index (χ0v) is 25.0. The Hall–Kier alpha value is -1.27. The minimum Gasteiger partial charge on any atom is -0.444 e. The maximum absolute atomic E-state index is 12.7. The van der Waals surface area contributed by atoms with Crippen LogP contribution in [0.4, 0.5) is 31.1 Å². The molecule has 41 heavy (non-hydrogen) atoms. The number of piperidine rings is 4. The number of hydrogen-bond acceptors (Lipinski definition) is 5. The Balaban J connectivity index is 0.000000239. The lowest BCUT2D eigenvalue weighted by atomic mass is 9.92. The summed E-state index contributed by atoms with van der Waals surface area (Å²) in [6, 6.07) is 0. The van der Waals surface area contributed by atoms with E-state index in [9.17, 15) is 31.1 Å². The summed E-state index contributed by atoms with van der Waals surface area (Å²) in [4.78, 5) is 18.1. The van der Waals surface area contributed by atoms with Crippen molar-refractivity contribution in [2.24, 2.45) is 23.7 Å². The molecule has 12 heteroatoms. The molecule has 0 aromatic carbocycles. The first-order valence-electron chi connectivity index (χ1n) is 15.4. The lowest BCUT2D eigenvalue weighted by molar-refractivity contribution is -0.186. The van der Waals surface area contributed by atoms with Gasteiger partial charge >= 0.3 is 18.4 Å². The van der Waals surface area contributed by atoms with Crippen molar-refractivity contribution in [3.8, 4) is 0 Å². The summed E-state index contributed by atoms with van der Waals surface area (Å²) in [5, 5.41) is 3.31. The lowest BCUT2D eigenvalue weighted by Gasteiger charge is -2.38. The molecule has 4 aliphatic rings. The number of likely N-dealkylation sites (tertiary alicyclic amines) is 3. The van der Waals surface area contributed by atoms with Gasteiger partial charge in [0.2, 0.25) is 0 Å². The highest BCUT2D eigenvalue weighted by atomic mass is 19.4. The number of carbonyl (C=O) groups excluding carboxylic acids is 1. The van der Waals surface area contributed by atoms with Crippen molar-refractivity contribution in [3.63, 3.8) is 0 Å². The van der Waals surface area contributed by atoms with Crippen LogP contribution in [0.15, 0.2) is 0 Å². The van der Waals surface area contributed by atoms with Crippen molar-refractivity contribution >= 4 is 6.09 Å². The van der Waals surface area contributed by atoms with Crippen LogP contribution in [0, 0.1) is 23.7 Å². The molecule has 0 radical (unpaired) electrons. The summed E-state index contributed by atoms with van der Waals surface area (Å²) in [6.07, 6.45) is -3.21. The predicted octanol–water partition coefficient (Wildman–Crippen LogP) is 6.17. The standard InChI is InChI=1S/C17H29F3N2O2.C12H21F3N2/c1-16(2,3)24-15(23)22-10-4-13(5-11-22)12-21-8-6-14(7-9-21)17(18,19)20;13-12(14,15)11-3-7-17(8-4-11)9-10-1-5-16-6-2-10/h13-14H,4-12H2,1-3H3;10-11,16H,1-9H2. The summed E-state index contributed by atoms with van der Waals surface area (Å²) in [5.41, 5.74) is -0.489. The number of amides is 1. The van der Waals surface area contributed by atoms with Crippen LogP contribution in [0.1, 0.15) is 72.1 Å². The van der Waals surface area contributed by atoms with E-state index in [0.717, 1.165) is 39.0 Å². The maximum atomic E-state index is 12.7. The van der Waals surface area contributed by atoms with E-state index in [-0.39, 0.29) is 31.8 Å². The smallest absolute Gasteiger partial charge is 0.410 e. The number of nitrogens with zero attached hydrogens (tertiary/aromatic N) is 3. The van der Waals surface area contributed by atoms with Gasteiger partial charge in [-0.1, -0.05) is 0 Å². The number of nitrogens with one attached hydrogen (secondary N) is 1. The number of carbonyl (C=O) groups is 1. The molecular formula is C29H50F6N4O2. The van der Waals surface area contributed by atoms with Gasteiger partial charge in [-0.05, 0) is 123 Å². The Bertz CT molecular complexity index is 774. The molecule has 0 spiro atoms. The highest BCUT2D eigenvalue weighted by Crippen LogP contribution is 2.35. The van der Waals surface area contributed by atoms with Crippen molar-refractivity contribution in [3.05, 3.63) is 0 Å². The minimum atomic E-state index is -4.05. The second-order valence-corrected chi connectivity index (χ2v) is 13.3. The number of halogens is 6. The van der Waals surface area contributed by atoms with Gasteiger partial charge in [0, 0.05) is 26.2 Å². The van der Waals surface area contributed by atoms with Crippen molar-refractivity contribution in [1.82, 2.24) is 20.0 Å². The molecule has 1 amide bonds. The molecule has 0 bridgehead atoms. The van der Waals surface area contributed by atoms with Gasteiger partial charge in [0.15, 0.2) is 0 Å². The molecule has 0 atom stereocenters. The average molecular weight is 601 g/mol. The molecule has 0 unspecified atom stereocenters. The Morgan fingerprint density at radius 1 is 0.659 bits per heavy atom. The van der Waals surface area contributed by atoms with Gasteiger partial charge in [0.25, 0.3) is 0 Å². The number of ether oxygens (including phenoxy) is 1. The molecule has 240 valence electrons. The molecule has 0 aliphatic carbocycles. The molecule has 4 fully saturated rings. The molecular weight excluding hydrogens is 550 g/mol. The molecule has 0 aromatic rings. The Morgan fingerprint density at radius 3 is 1.41 bits per heavy atom. The molecule has 4 heterocycles. The van der Waals surface area contributed by atoms with Crippen LogP contribution >= 0.6 is 0 Å². The fourth-order valence-corrected chi connectivity index (χ4v) is 6.30. The topological polar surface area (TPSA) is 48.1 Å². The molecule has 0 saturated carbocycles. The molecule has 4 rings (SSSR count). The maximum Gasteiger partial charge on any atom is 0.410 e. The second kappa shape index (κ2) is 14.9. The van der Waals surface area contributed by atoms with E-state index >= 15 is 0 Å². The van der Waals surface area contributed by atoms with Gasteiger partial charge < -0.3 is 24.8 Å². The van der Waals surface area contributed by atoms with E-state index < -0.39 is 29.8 Å². The third-order valence-electron chi connectivity index (χ3n) is 8.86. The van der Waals surface area contributed by atoms with Crippen LogP contribution in [0.25, 0.3) is 0 Å². The third-order valence-corrected chi connectivity index (χ3v) is 8.86. The molecule has 4 saturated heterocycles. The van der Waals surface area contributed by atoms with Crippen molar-refractivity contribution < 1.29 is 35.9 Å². The molecule has 0 aromatic heterocycles. The highest BCUT2D eigenvalue weighted by Gasteiger charge is 2.42. The quantitative estimate of drug-likeness (QED) is 0.392. The van der Waals surface area contributed by atoms with Crippen molar-refractivity contribution in [1.29, 1.82) is 0 Å². The van der Waals surface area contributed by atoms with E-state index in [1.807, 2.05) is 20.8 Å². The Kier molecular flexibility index (Phi) is 12.5. The summed E-state index contributed by atoms with van der Waals surface area (Å²) in [6.45, 7) is 13.1. The zero-order valence-electron chi connectivity index (χ0n) is 25.0. The summed E-state index contributed by atoms with van der Waals surface area (Å²) in [7, 11) is 0.